The molecule has 1 unspecified atom stereocenters. The molecule has 4 aromatic rings. The number of carbonyl (C=O) groups is 1. The van der Waals surface area contributed by atoms with Gasteiger partial charge in [-0.1, -0.05) is 29.5 Å². The molecule has 1 aliphatic rings. The molecule has 0 spiro atoms. The zero-order chi connectivity index (χ0) is 16.1. The highest BCUT2D eigenvalue weighted by Crippen LogP contribution is 2.33. The van der Waals surface area contributed by atoms with Crippen LogP contribution in [0.4, 0.5) is 0 Å². The fraction of sp³-hybridized carbons (Fsp3) is 0.125. The summed E-state index contributed by atoms with van der Waals surface area (Å²) in [5.74, 6) is 0.796. The number of hydrogen-bond donors (Lipinski definition) is 0. The van der Waals surface area contributed by atoms with Crippen molar-refractivity contribution in [3.63, 3.8) is 0 Å². The highest BCUT2D eigenvalue weighted by atomic mass is 32.1. The molecular formula is C16H10N4O3S. The zero-order valence-corrected chi connectivity index (χ0v) is 13.1. The van der Waals surface area contributed by atoms with E-state index < -0.39 is 6.10 Å². The van der Waals surface area contributed by atoms with Gasteiger partial charge in [-0.3, -0.25) is 0 Å². The topological polar surface area (TPSA) is 82.5 Å². The van der Waals surface area contributed by atoms with Crippen molar-refractivity contribution >= 4 is 22.3 Å². The number of ether oxygens (including phenoxy) is 1. The van der Waals surface area contributed by atoms with Crippen LogP contribution in [0.2, 0.25) is 0 Å². The Bertz CT molecular complexity index is 1050. The summed E-state index contributed by atoms with van der Waals surface area (Å²) < 4.78 is 12.5. The Balaban J connectivity index is 1.55. The molecule has 0 bridgehead atoms. The van der Waals surface area contributed by atoms with Crippen LogP contribution in [0.3, 0.4) is 0 Å². The second-order valence-electron chi connectivity index (χ2n) is 5.39. The molecular weight excluding hydrogens is 328 g/mol. The Hall–Kier alpha value is -3.00. The Morgan fingerprint density at radius 3 is 2.96 bits per heavy atom. The summed E-state index contributed by atoms with van der Waals surface area (Å²) in [5, 5.41) is 13.4. The maximum Gasteiger partial charge on any atom is 0.339 e. The largest absolute Gasteiger partial charge is 0.461 e. The molecule has 0 saturated heterocycles. The SMILES string of the molecule is O=C1OC(c2nn3c(-c4ccco4)nnc3s2)Cc2ccccc21. The number of cyclic esters (lactones) is 1. The monoisotopic (exact) mass is 338 g/mol. The van der Waals surface area contributed by atoms with Gasteiger partial charge in [0, 0.05) is 6.42 Å². The molecule has 0 N–H and O–H groups in total. The van der Waals surface area contributed by atoms with Crippen molar-refractivity contribution in [1.29, 1.82) is 0 Å². The third-order valence-corrected chi connectivity index (χ3v) is 4.91. The summed E-state index contributed by atoms with van der Waals surface area (Å²) in [6.07, 6.45) is 1.76. The minimum absolute atomic E-state index is 0.320. The molecule has 24 heavy (non-hydrogen) atoms. The lowest BCUT2D eigenvalue weighted by molar-refractivity contribution is 0.0250. The highest BCUT2D eigenvalue weighted by Gasteiger charge is 2.30. The van der Waals surface area contributed by atoms with Crippen molar-refractivity contribution in [3.05, 3.63) is 58.8 Å². The third-order valence-electron chi connectivity index (χ3n) is 3.92. The van der Waals surface area contributed by atoms with Crippen LogP contribution in [0.25, 0.3) is 16.5 Å². The number of esters is 1. The number of carbonyl (C=O) groups excluding carboxylic acids is 1. The van der Waals surface area contributed by atoms with Gasteiger partial charge in [-0.15, -0.1) is 10.2 Å². The van der Waals surface area contributed by atoms with E-state index in [0.717, 1.165) is 5.56 Å². The van der Waals surface area contributed by atoms with E-state index in [-0.39, 0.29) is 5.97 Å². The molecule has 4 heterocycles. The molecule has 1 atom stereocenters. The molecule has 8 heteroatoms. The van der Waals surface area contributed by atoms with E-state index in [1.807, 2.05) is 18.2 Å². The normalized spacial score (nSPS) is 17.0. The van der Waals surface area contributed by atoms with E-state index in [1.54, 1.807) is 29.0 Å². The quantitative estimate of drug-likeness (QED) is 0.523. The Kier molecular flexibility index (Phi) is 2.80. The molecule has 0 saturated carbocycles. The van der Waals surface area contributed by atoms with Crippen LogP contribution in [-0.4, -0.2) is 25.8 Å². The van der Waals surface area contributed by atoms with E-state index in [9.17, 15) is 4.79 Å². The number of rotatable bonds is 2. The van der Waals surface area contributed by atoms with Crippen molar-refractivity contribution in [2.45, 2.75) is 12.5 Å². The van der Waals surface area contributed by atoms with E-state index in [4.69, 9.17) is 9.15 Å². The summed E-state index contributed by atoms with van der Waals surface area (Å²) in [6, 6.07) is 11.1. The van der Waals surface area contributed by atoms with Gasteiger partial charge in [0.25, 0.3) is 0 Å². The summed E-state index contributed by atoms with van der Waals surface area (Å²) in [5.41, 5.74) is 1.59. The first-order valence-corrected chi connectivity index (χ1v) is 8.16. The average Bonchev–Trinajstić information content (AvgIpc) is 3.31. The minimum Gasteiger partial charge on any atom is -0.461 e. The molecule has 3 aromatic heterocycles. The van der Waals surface area contributed by atoms with Crippen LogP contribution in [0.15, 0.2) is 47.1 Å². The lowest BCUT2D eigenvalue weighted by Crippen LogP contribution is -2.21. The average molecular weight is 338 g/mol. The molecule has 0 fully saturated rings. The van der Waals surface area contributed by atoms with Gasteiger partial charge in [-0.2, -0.15) is 9.61 Å². The van der Waals surface area contributed by atoms with Crippen LogP contribution < -0.4 is 0 Å². The van der Waals surface area contributed by atoms with Gasteiger partial charge in [0.05, 0.1) is 11.8 Å². The highest BCUT2D eigenvalue weighted by molar-refractivity contribution is 7.16. The maximum absolute atomic E-state index is 12.2. The summed E-state index contributed by atoms with van der Waals surface area (Å²) in [7, 11) is 0. The van der Waals surface area contributed by atoms with Gasteiger partial charge in [0.2, 0.25) is 10.8 Å². The van der Waals surface area contributed by atoms with Crippen molar-refractivity contribution in [1.82, 2.24) is 19.8 Å². The van der Waals surface area contributed by atoms with Gasteiger partial charge < -0.3 is 9.15 Å². The lowest BCUT2D eigenvalue weighted by Gasteiger charge is -2.22. The lowest BCUT2D eigenvalue weighted by atomic mass is 9.99. The first kappa shape index (κ1) is 13.4. The van der Waals surface area contributed by atoms with Crippen LogP contribution in [-0.2, 0) is 11.2 Å². The number of benzene rings is 1. The van der Waals surface area contributed by atoms with Crippen molar-refractivity contribution in [2.24, 2.45) is 0 Å². The summed E-state index contributed by atoms with van der Waals surface area (Å²) >= 11 is 1.36. The fourth-order valence-corrected chi connectivity index (χ4v) is 3.66. The van der Waals surface area contributed by atoms with Gasteiger partial charge >= 0.3 is 5.97 Å². The van der Waals surface area contributed by atoms with Gasteiger partial charge in [-0.05, 0) is 23.8 Å². The second kappa shape index (κ2) is 5.00. The molecule has 1 aromatic carbocycles. The van der Waals surface area contributed by atoms with Crippen LogP contribution in [0, 0.1) is 0 Å². The van der Waals surface area contributed by atoms with Crippen LogP contribution in [0.1, 0.15) is 27.0 Å². The molecule has 0 amide bonds. The summed E-state index contributed by atoms with van der Waals surface area (Å²) in [6.45, 7) is 0. The molecule has 118 valence electrons. The Morgan fingerprint density at radius 1 is 1.17 bits per heavy atom. The standard InChI is InChI=1S/C16H10N4O3S/c21-15-10-5-2-1-4-9(10)8-12(23-15)14-19-20-13(11-6-3-7-22-11)17-18-16(20)24-14/h1-7,12H,8H2. The van der Waals surface area contributed by atoms with E-state index >= 15 is 0 Å². The predicted molar refractivity (Wildman–Crippen MR) is 84.7 cm³/mol. The zero-order valence-electron chi connectivity index (χ0n) is 12.2. The van der Waals surface area contributed by atoms with Gasteiger partial charge in [0.15, 0.2) is 16.9 Å². The van der Waals surface area contributed by atoms with E-state index in [2.05, 4.69) is 15.3 Å². The van der Waals surface area contributed by atoms with Crippen LogP contribution in [0.5, 0.6) is 0 Å². The Labute approximate surface area is 139 Å². The van der Waals surface area contributed by atoms with Gasteiger partial charge in [0.1, 0.15) is 0 Å². The van der Waals surface area contributed by atoms with E-state index in [0.29, 0.717) is 33.5 Å². The number of aromatic nitrogens is 4. The van der Waals surface area contributed by atoms with Crippen molar-refractivity contribution in [2.75, 3.05) is 0 Å². The summed E-state index contributed by atoms with van der Waals surface area (Å²) in [4.78, 5) is 12.8. The van der Waals surface area contributed by atoms with E-state index in [1.165, 1.54) is 11.3 Å². The first-order chi connectivity index (χ1) is 11.8. The first-order valence-electron chi connectivity index (χ1n) is 7.34. The number of nitrogens with zero attached hydrogens (tertiary/aromatic N) is 4. The smallest absolute Gasteiger partial charge is 0.339 e. The number of hydrogen-bond acceptors (Lipinski definition) is 7. The molecule has 5 rings (SSSR count). The maximum atomic E-state index is 12.2. The van der Waals surface area contributed by atoms with Crippen molar-refractivity contribution in [3.8, 4) is 11.6 Å². The Morgan fingerprint density at radius 2 is 2.08 bits per heavy atom. The number of fused-ring (bicyclic) bond motifs is 2. The third kappa shape index (κ3) is 1.96. The predicted octanol–water partition coefficient (Wildman–Crippen LogP) is 2.90. The second-order valence-corrected chi connectivity index (χ2v) is 6.38. The van der Waals surface area contributed by atoms with Crippen molar-refractivity contribution < 1.29 is 13.9 Å². The van der Waals surface area contributed by atoms with Gasteiger partial charge in [-0.25, -0.2) is 4.79 Å². The fourth-order valence-electron chi connectivity index (χ4n) is 2.79. The molecule has 7 nitrogen and oxygen atoms in total. The molecule has 0 radical (unpaired) electrons. The number of furan rings is 1. The minimum atomic E-state index is -0.413. The van der Waals surface area contributed by atoms with Crippen LogP contribution >= 0.6 is 11.3 Å². The molecule has 1 aliphatic heterocycles. The molecule has 0 aliphatic carbocycles.